The third-order valence-electron chi connectivity index (χ3n) is 1.94. The lowest BCUT2D eigenvalue weighted by atomic mass is 10.1. The van der Waals surface area contributed by atoms with Gasteiger partial charge in [-0.15, -0.1) is 11.6 Å². The van der Waals surface area contributed by atoms with Crippen LogP contribution >= 0.6 is 34.8 Å². The number of alkyl halides is 1. The van der Waals surface area contributed by atoms with Crippen LogP contribution < -0.4 is 0 Å². The molecule has 1 N–H and O–H groups in total. The van der Waals surface area contributed by atoms with Crippen molar-refractivity contribution in [1.82, 2.24) is 0 Å². The zero-order valence-electron chi connectivity index (χ0n) is 8.19. The van der Waals surface area contributed by atoms with E-state index >= 15 is 0 Å². The molecule has 1 aromatic rings. The van der Waals surface area contributed by atoms with Gasteiger partial charge in [0.15, 0.2) is 14.5 Å². The second-order valence-corrected chi connectivity index (χ2v) is 7.03. The van der Waals surface area contributed by atoms with E-state index < -0.39 is 20.7 Å². The van der Waals surface area contributed by atoms with Crippen molar-refractivity contribution >= 4 is 44.6 Å². The van der Waals surface area contributed by atoms with Crippen LogP contribution in [0.2, 0.25) is 10.0 Å². The lowest BCUT2D eigenvalue weighted by Crippen LogP contribution is -2.22. The summed E-state index contributed by atoms with van der Waals surface area (Å²) in [6.07, 6.45) is -0.445. The van der Waals surface area contributed by atoms with Gasteiger partial charge in [-0.05, 0) is 12.1 Å². The molecule has 1 rings (SSSR count). The molecule has 0 fully saturated rings. The molecule has 0 unspecified atom stereocenters. The SMILES string of the molecule is CS(=O)(=O)[C@@H](Cl)[C@H](O)c1ccc(Cl)cc1Cl. The van der Waals surface area contributed by atoms with Gasteiger partial charge < -0.3 is 5.11 Å². The summed E-state index contributed by atoms with van der Waals surface area (Å²) < 4.78 is 20.9. The minimum absolute atomic E-state index is 0.175. The smallest absolute Gasteiger partial charge is 0.167 e. The summed E-state index contributed by atoms with van der Waals surface area (Å²) in [5, 5.41) is 10.3. The van der Waals surface area contributed by atoms with E-state index in [9.17, 15) is 13.5 Å². The van der Waals surface area contributed by atoms with Gasteiger partial charge in [0.1, 0.15) is 6.10 Å². The number of halogens is 3. The van der Waals surface area contributed by atoms with E-state index in [4.69, 9.17) is 34.8 Å². The Morgan fingerprint density at radius 1 is 1.31 bits per heavy atom. The summed E-state index contributed by atoms with van der Waals surface area (Å²) in [7, 11) is -3.55. The summed E-state index contributed by atoms with van der Waals surface area (Å²) >= 11 is 17.1. The molecule has 7 heteroatoms. The zero-order valence-corrected chi connectivity index (χ0v) is 11.3. The number of hydrogen-bond donors (Lipinski definition) is 1. The molecular weight excluding hydrogens is 295 g/mol. The first-order valence-corrected chi connectivity index (χ1v) is 7.34. The van der Waals surface area contributed by atoms with Crippen molar-refractivity contribution in [2.45, 2.75) is 10.8 Å². The number of aliphatic hydroxyl groups excluding tert-OH is 1. The minimum atomic E-state index is -3.55. The van der Waals surface area contributed by atoms with Gasteiger partial charge in [0.2, 0.25) is 0 Å². The normalized spacial score (nSPS) is 15.8. The van der Waals surface area contributed by atoms with Gasteiger partial charge in [-0.3, -0.25) is 0 Å². The molecule has 0 spiro atoms. The topological polar surface area (TPSA) is 54.4 Å². The molecule has 0 saturated carbocycles. The average molecular weight is 304 g/mol. The van der Waals surface area contributed by atoms with Gasteiger partial charge in [-0.1, -0.05) is 29.3 Å². The molecule has 0 bridgehead atoms. The molecule has 0 aliphatic heterocycles. The van der Waals surface area contributed by atoms with E-state index in [0.29, 0.717) is 5.02 Å². The number of sulfone groups is 1. The highest BCUT2D eigenvalue weighted by atomic mass is 35.5. The molecule has 0 aliphatic rings. The first-order chi connectivity index (χ1) is 7.23. The Hall–Kier alpha value is -0.000000000000000111. The molecule has 2 atom stereocenters. The van der Waals surface area contributed by atoms with Crippen molar-refractivity contribution in [3.63, 3.8) is 0 Å². The van der Waals surface area contributed by atoms with Crippen LogP contribution in [0.3, 0.4) is 0 Å². The van der Waals surface area contributed by atoms with Crippen molar-refractivity contribution in [2.24, 2.45) is 0 Å². The number of benzene rings is 1. The van der Waals surface area contributed by atoms with Crippen LogP contribution in [-0.4, -0.2) is 24.5 Å². The first-order valence-electron chi connectivity index (χ1n) is 4.19. The lowest BCUT2D eigenvalue weighted by molar-refractivity contribution is 0.192. The van der Waals surface area contributed by atoms with E-state index in [0.717, 1.165) is 6.26 Å². The van der Waals surface area contributed by atoms with E-state index in [1.54, 1.807) is 0 Å². The number of hydrogen-bond acceptors (Lipinski definition) is 3. The van der Waals surface area contributed by atoms with E-state index in [1.165, 1.54) is 18.2 Å². The zero-order chi connectivity index (χ0) is 12.5. The Morgan fingerprint density at radius 2 is 1.88 bits per heavy atom. The molecule has 0 saturated heterocycles. The minimum Gasteiger partial charge on any atom is -0.386 e. The molecule has 0 amide bonds. The summed E-state index contributed by atoms with van der Waals surface area (Å²) in [5.74, 6) is 0. The average Bonchev–Trinajstić information content (AvgIpc) is 2.14. The molecule has 0 aromatic heterocycles. The fourth-order valence-electron chi connectivity index (χ4n) is 1.12. The van der Waals surface area contributed by atoms with Gasteiger partial charge in [0.05, 0.1) is 0 Å². The molecule has 0 radical (unpaired) electrons. The standard InChI is InChI=1S/C9H9Cl3O3S/c1-16(14,15)9(12)8(13)6-3-2-5(10)4-7(6)11/h2-4,8-9,13H,1H3/t8-,9-/m1/s1. The maximum Gasteiger partial charge on any atom is 0.167 e. The number of aliphatic hydroxyl groups is 1. The second-order valence-electron chi connectivity index (χ2n) is 3.29. The fraction of sp³-hybridized carbons (Fsp3) is 0.333. The Morgan fingerprint density at radius 3 is 2.31 bits per heavy atom. The Bertz CT molecular complexity index is 487. The maximum atomic E-state index is 11.2. The van der Waals surface area contributed by atoms with E-state index in [1.807, 2.05) is 0 Å². The van der Waals surface area contributed by atoms with Gasteiger partial charge in [-0.25, -0.2) is 8.42 Å². The summed E-state index contributed by atoms with van der Waals surface area (Å²) in [5.41, 5.74) is 0.233. The highest BCUT2D eigenvalue weighted by Gasteiger charge is 2.29. The van der Waals surface area contributed by atoms with Gasteiger partial charge in [0, 0.05) is 21.9 Å². The van der Waals surface area contributed by atoms with Crippen molar-refractivity contribution in [2.75, 3.05) is 6.26 Å². The molecule has 0 heterocycles. The molecule has 1 aromatic carbocycles. The number of rotatable bonds is 3. The largest absolute Gasteiger partial charge is 0.386 e. The lowest BCUT2D eigenvalue weighted by Gasteiger charge is -2.16. The predicted molar refractivity (Wildman–Crippen MR) is 65.9 cm³/mol. The summed E-state index contributed by atoms with van der Waals surface area (Å²) in [4.78, 5) is 0. The summed E-state index contributed by atoms with van der Waals surface area (Å²) in [6.45, 7) is 0. The molecule has 16 heavy (non-hydrogen) atoms. The molecule has 0 aliphatic carbocycles. The Balaban J connectivity index is 3.10. The third-order valence-corrected chi connectivity index (χ3v) is 4.79. The maximum absolute atomic E-state index is 11.2. The summed E-state index contributed by atoms with van der Waals surface area (Å²) in [6, 6.07) is 4.35. The van der Waals surface area contributed by atoms with Crippen LogP contribution in [0.5, 0.6) is 0 Å². The first kappa shape index (κ1) is 14.1. The molecular formula is C9H9Cl3O3S. The Labute approximate surface area is 109 Å². The third kappa shape index (κ3) is 3.25. The van der Waals surface area contributed by atoms with Crippen LogP contribution in [0.4, 0.5) is 0 Å². The monoisotopic (exact) mass is 302 g/mol. The van der Waals surface area contributed by atoms with Crippen LogP contribution in [0.25, 0.3) is 0 Å². The van der Waals surface area contributed by atoms with Crippen molar-refractivity contribution < 1.29 is 13.5 Å². The fourth-order valence-corrected chi connectivity index (χ4v) is 2.39. The van der Waals surface area contributed by atoms with Crippen molar-refractivity contribution in [3.8, 4) is 0 Å². The van der Waals surface area contributed by atoms with Crippen LogP contribution in [-0.2, 0) is 9.84 Å². The predicted octanol–water partition coefficient (Wildman–Crippen LogP) is 2.64. The van der Waals surface area contributed by atoms with Gasteiger partial charge >= 0.3 is 0 Å². The highest BCUT2D eigenvalue weighted by Crippen LogP contribution is 2.31. The highest BCUT2D eigenvalue weighted by molar-refractivity contribution is 7.92. The van der Waals surface area contributed by atoms with E-state index in [-0.39, 0.29) is 10.6 Å². The quantitative estimate of drug-likeness (QED) is 0.873. The van der Waals surface area contributed by atoms with Crippen LogP contribution in [0.15, 0.2) is 18.2 Å². The molecule has 3 nitrogen and oxygen atoms in total. The van der Waals surface area contributed by atoms with Gasteiger partial charge in [0.25, 0.3) is 0 Å². The van der Waals surface area contributed by atoms with Crippen LogP contribution in [0.1, 0.15) is 11.7 Å². The van der Waals surface area contributed by atoms with Crippen LogP contribution in [0, 0.1) is 0 Å². The Kier molecular flexibility index (Phi) is 4.49. The van der Waals surface area contributed by atoms with Crippen molar-refractivity contribution in [3.05, 3.63) is 33.8 Å². The van der Waals surface area contributed by atoms with E-state index in [2.05, 4.69) is 0 Å². The second kappa shape index (κ2) is 5.10. The van der Waals surface area contributed by atoms with Crippen molar-refractivity contribution in [1.29, 1.82) is 0 Å². The van der Waals surface area contributed by atoms with Gasteiger partial charge in [-0.2, -0.15) is 0 Å². The molecule has 90 valence electrons.